The van der Waals surface area contributed by atoms with Crippen LogP contribution in [0, 0.1) is 23.7 Å². The molecule has 0 bridgehead atoms. The van der Waals surface area contributed by atoms with Crippen LogP contribution in [0.15, 0.2) is 0 Å². The van der Waals surface area contributed by atoms with Crippen molar-refractivity contribution in [1.29, 1.82) is 5.26 Å². The molecule has 1 nitrogen and oxygen atoms in total. The standard InChI is InChI=1S/C9H14N/c10-8-4-7-9-5-2-1-3-6-9/h1,9H,2-7H2. The molecule has 1 aliphatic rings. The van der Waals surface area contributed by atoms with E-state index in [0.717, 1.165) is 18.8 Å². The first-order valence-electron chi connectivity index (χ1n) is 4.12. The predicted octanol–water partition coefficient (Wildman–Crippen LogP) is 2.68. The molecule has 0 spiro atoms. The molecule has 0 aliphatic heterocycles. The summed E-state index contributed by atoms with van der Waals surface area (Å²) < 4.78 is 0. The van der Waals surface area contributed by atoms with Crippen LogP contribution in [0.1, 0.15) is 38.5 Å². The molecule has 0 aromatic carbocycles. The summed E-state index contributed by atoms with van der Waals surface area (Å²) in [7, 11) is 0. The maximum absolute atomic E-state index is 8.34. The van der Waals surface area contributed by atoms with Crippen LogP contribution >= 0.6 is 0 Å². The Labute approximate surface area is 63.0 Å². The summed E-state index contributed by atoms with van der Waals surface area (Å²) in [6, 6.07) is 2.20. The van der Waals surface area contributed by atoms with E-state index in [9.17, 15) is 0 Å². The van der Waals surface area contributed by atoms with Gasteiger partial charge in [0.1, 0.15) is 0 Å². The molecule has 1 rings (SSSR count). The molecule has 1 heteroatoms. The van der Waals surface area contributed by atoms with Gasteiger partial charge in [-0.1, -0.05) is 12.8 Å². The molecule has 0 aromatic heterocycles. The third-order valence-corrected chi connectivity index (χ3v) is 2.22. The van der Waals surface area contributed by atoms with Gasteiger partial charge in [0, 0.05) is 6.42 Å². The molecule has 55 valence electrons. The van der Waals surface area contributed by atoms with Crippen molar-refractivity contribution < 1.29 is 0 Å². The molecule has 1 aliphatic carbocycles. The van der Waals surface area contributed by atoms with Gasteiger partial charge in [0.25, 0.3) is 0 Å². The Morgan fingerprint density at radius 2 is 2.10 bits per heavy atom. The van der Waals surface area contributed by atoms with E-state index in [2.05, 4.69) is 12.5 Å². The van der Waals surface area contributed by atoms with E-state index in [1.807, 2.05) is 0 Å². The largest absolute Gasteiger partial charge is 0.198 e. The van der Waals surface area contributed by atoms with E-state index in [1.165, 1.54) is 25.7 Å². The average molecular weight is 136 g/mol. The number of rotatable bonds is 2. The second-order valence-corrected chi connectivity index (χ2v) is 3.01. The molecule has 0 N–H and O–H groups in total. The summed E-state index contributed by atoms with van der Waals surface area (Å²) in [4.78, 5) is 0. The lowest BCUT2D eigenvalue weighted by molar-refractivity contribution is 0.384. The summed E-state index contributed by atoms with van der Waals surface area (Å²) in [5.41, 5.74) is 0. The van der Waals surface area contributed by atoms with E-state index >= 15 is 0 Å². The molecular weight excluding hydrogens is 122 g/mol. The van der Waals surface area contributed by atoms with Crippen LogP contribution < -0.4 is 0 Å². The van der Waals surface area contributed by atoms with Gasteiger partial charge in [-0.2, -0.15) is 5.26 Å². The third kappa shape index (κ3) is 2.39. The fourth-order valence-electron chi connectivity index (χ4n) is 1.55. The highest BCUT2D eigenvalue weighted by Gasteiger charge is 2.12. The summed E-state index contributed by atoms with van der Waals surface area (Å²) >= 11 is 0. The van der Waals surface area contributed by atoms with Crippen molar-refractivity contribution in [3.8, 4) is 6.07 Å². The minimum absolute atomic E-state index is 0.755. The molecule has 0 unspecified atom stereocenters. The molecule has 0 amide bonds. The van der Waals surface area contributed by atoms with Crippen LogP contribution in [-0.4, -0.2) is 0 Å². The van der Waals surface area contributed by atoms with Crippen LogP contribution in [-0.2, 0) is 0 Å². The van der Waals surface area contributed by atoms with Gasteiger partial charge in [-0.05, 0) is 31.6 Å². The van der Waals surface area contributed by atoms with E-state index in [1.54, 1.807) is 0 Å². The minimum atomic E-state index is 0.755. The van der Waals surface area contributed by atoms with Crippen LogP contribution in [0.2, 0.25) is 0 Å². The Bertz CT molecular complexity index is 117. The van der Waals surface area contributed by atoms with Gasteiger partial charge in [-0.15, -0.1) is 0 Å². The molecule has 0 heterocycles. The minimum Gasteiger partial charge on any atom is -0.198 e. The normalized spacial score (nSPS) is 20.3. The van der Waals surface area contributed by atoms with Crippen molar-refractivity contribution in [2.24, 2.45) is 5.92 Å². The zero-order valence-electron chi connectivity index (χ0n) is 6.34. The molecule has 0 saturated heterocycles. The number of nitrogens with zero attached hydrogens (tertiary/aromatic N) is 1. The first kappa shape index (κ1) is 7.60. The Balaban J connectivity index is 2.09. The Morgan fingerprint density at radius 1 is 1.40 bits per heavy atom. The van der Waals surface area contributed by atoms with E-state index < -0.39 is 0 Å². The molecule has 0 aromatic rings. The average Bonchev–Trinajstić information content (AvgIpc) is 2.03. The van der Waals surface area contributed by atoms with Gasteiger partial charge in [-0.3, -0.25) is 0 Å². The zero-order chi connectivity index (χ0) is 7.23. The van der Waals surface area contributed by atoms with Gasteiger partial charge in [0.15, 0.2) is 0 Å². The molecular formula is C9H14N. The lowest BCUT2D eigenvalue weighted by atomic mass is 9.86. The number of hydrogen-bond donors (Lipinski definition) is 0. The Kier molecular flexibility index (Phi) is 3.29. The molecule has 1 fully saturated rings. The highest BCUT2D eigenvalue weighted by Crippen LogP contribution is 2.26. The Hall–Kier alpha value is -0.510. The fourth-order valence-corrected chi connectivity index (χ4v) is 1.55. The van der Waals surface area contributed by atoms with Gasteiger partial charge < -0.3 is 0 Å². The summed E-state index contributed by atoms with van der Waals surface area (Å²) in [6.45, 7) is 0. The van der Waals surface area contributed by atoms with Crippen LogP contribution in [0.4, 0.5) is 0 Å². The van der Waals surface area contributed by atoms with Gasteiger partial charge in [0.2, 0.25) is 0 Å². The number of nitriles is 1. The van der Waals surface area contributed by atoms with Crippen LogP contribution in [0.5, 0.6) is 0 Å². The van der Waals surface area contributed by atoms with Crippen molar-refractivity contribution in [3.05, 3.63) is 6.42 Å². The summed E-state index contributed by atoms with van der Waals surface area (Å²) in [5.74, 6) is 0.852. The van der Waals surface area contributed by atoms with E-state index in [4.69, 9.17) is 5.26 Å². The first-order valence-corrected chi connectivity index (χ1v) is 4.12. The highest BCUT2D eigenvalue weighted by molar-refractivity contribution is 4.79. The first-order chi connectivity index (χ1) is 4.93. The second kappa shape index (κ2) is 4.33. The lowest BCUT2D eigenvalue weighted by Gasteiger charge is -2.19. The SMILES string of the molecule is N#CCCC1CC[CH]CC1. The van der Waals surface area contributed by atoms with E-state index in [0.29, 0.717) is 0 Å². The predicted molar refractivity (Wildman–Crippen MR) is 41.1 cm³/mol. The monoisotopic (exact) mass is 136 g/mol. The summed E-state index contributed by atoms with van der Waals surface area (Å²) in [6.07, 6.45) is 9.44. The van der Waals surface area contributed by atoms with Crippen molar-refractivity contribution in [3.63, 3.8) is 0 Å². The second-order valence-electron chi connectivity index (χ2n) is 3.01. The lowest BCUT2D eigenvalue weighted by Crippen LogP contribution is -2.05. The highest BCUT2D eigenvalue weighted by atomic mass is 14.2. The van der Waals surface area contributed by atoms with Gasteiger partial charge >= 0.3 is 0 Å². The smallest absolute Gasteiger partial charge is 0.0621 e. The third-order valence-electron chi connectivity index (χ3n) is 2.22. The topological polar surface area (TPSA) is 23.8 Å². The van der Waals surface area contributed by atoms with Crippen LogP contribution in [0.3, 0.4) is 0 Å². The number of hydrogen-bond acceptors (Lipinski definition) is 1. The van der Waals surface area contributed by atoms with Crippen LogP contribution in [0.25, 0.3) is 0 Å². The molecule has 1 saturated carbocycles. The van der Waals surface area contributed by atoms with Crippen molar-refractivity contribution in [2.45, 2.75) is 38.5 Å². The maximum Gasteiger partial charge on any atom is 0.0621 e. The quantitative estimate of drug-likeness (QED) is 0.572. The van der Waals surface area contributed by atoms with Crippen molar-refractivity contribution in [1.82, 2.24) is 0 Å². The van der Waals surface area contributed by atoms with Crippen molar-refractivity contribution in [2.75, 3.05) is 0 Å². The maximum atomic E-state index is 8.34. The summed E-state index contributed by atoms with van der Waals surface area (Å²) in [5, 5.41) is 8.34. The van der Waals surface area contributed by atoms with Gasteiger partial charge in [0.05, 0.1) is 6.07 Å². The fraction of sp³-hybridized carbons (Fsp3) is 0.778. The Morgan fingerprint density at radius 3 is 2.70 bits per heavy atom. The molecule has 0 atom stereocenters. The molecule has 10 heavy (non-hydrogen) atoms. The molecule has 1 radical (unpaired) electrons. The van der Waals surface area contributed by atoms with Crippen molar-refractivity contribution >= 4 is 0 Å². The van der Waals surface area contributed by atoms with E-state index in [-0.39, 0.29) is 0 Å². The van der Waals surface area contributed by atoms with Gasteiger partial charge in [-0.25, -0.2) is 0 Å². The zero-order valence-corrected chi connectivity index (χ0v) is 6.34.